The van der Waals surface area contributed by atoms with Crippen LogP contribution in [0.15, 0.2) is 48.5 Å². The van der Waals surface area contributed by atoms with Crippen LogP contribution in [-0.4, -0.2) is 36.8 Å². The molecule has 2 aromatic carbocycles. The Morgan fingerprint density at radius 2 is 1.84 bits per heavy atom. The van der Waals surface area contributed by atoms with Gasteiger partial charge in [-0.05, 0) is 49.2 Å². The topological polar surface area (TPSA) is 61.8 Å². The van der Waals surface area contributed by atoms with Gasteiger partial charge in [-0.25, -0.2) is 4.39 Å². The summed E-state index contributed by atoms with van der Waals surface area (Å²) in [5, 5.41) is 12.5. The molecular weight excluding hydrogens is 323 g/mol. The second-order valence-electron chi connectivity index (χ2n) is 6.03. The number of nitrogens with one attached hydrogen (secondary N) is 1. The smallest absolute Gasteiger partial charge is 0.262 e. The minimum atomic E-state index is -0.350. The number of aliphatic hydroxyl groups excluding tert-OH is 1. The third kappa shape index (κ3) is 4.70. The molecule has 0 aromatic heterocycles. The number of para-hydroxylation sites is 2. The molecule has 6 heteroatoms. The van der Waals surface area contributed by atoms with E-state index in [-0.39, 0.29) is 24.4 Å². The maximum absolute atomic E-state index is 12.9. The van der Waals surface area contributed by atoms with Crippen molar-refractivity contribution in [3.63, 3.8) is 0 Å². The molecule has 0 radical (unpaired) electrons. The van der Waals surface area contributed by atoms with Crippen molar-refractivity contribution < 1.29 is 19.0 Å². The van der Waals surface area contributed by atoms with Gasteiger partial charge in [-0.3, -0.25) is 4.79 Å². The molecule has 0 bridgehead atoms. The molecule has 1 aliphatic heterocycles. The average molecular weight is 344 g/mol. The number of nitrogens with zero attached hydrogens (tertiary/aromatic N) is 1. The SMILES string of the molecule is O=C(COc1ccc(F)cc1)Nc1ccccc1N1CCC(O)CC1. The van der Waals surface area contributed by atoms with E-state index in [0.29, 0.717) is 11.4 Å². The number of anilines is 2. The Bertz CT molecular complexity index is 713. The molecule has 2 aromatic rings. The Kier molecular flexibility index (Phi) is 5.50. The van der Waals surface area contributed by atoms with E-state index in [4.69, 9.17) is 4.74 Å². The summed E-state index contributed by atoms with van der Waals surface area (Å²) in [6.07, 6.45) is 1.19. The zero-order valence-corrected chi connectivity index (χ0v) is 13.8. The molecule has 1 fully saturated rings. The number of hydrogen-bond acceptors (Lipinski definition) is 4. The first-order valence-corrected chi connectivity index (χ1v) is 8.32. The molecule has 1 amide bonds. The number of halogens is 1. The van der Waals surface area contributed by atoms with Gasteiger partial charge in [0.15, 0.2) is 6.61 Å². The molecule has 0 atom stereocenters. The number of hydrogen-bond donors (Lipinski definition) is 2. The number of rotatable bonds is 5. The molecule has 5 nitrogen and oxygen atoms in total. The Morgan fingerprint density at radius 1 is 1.16 bits per heavy atom. The molecule has 0 aliphatic carbocycles. The normalized spacial score (nSPS) is 15.0. The summed E-state index contributed by atoms with van der Waals surface area (Å²) in [5.74, 6) is -0.193. The van der Waals surface area contributed by atoms with E-state index >= 15 is 0 Å². The average Bonchev–Trinajstić information content (AvgIpc) is 2.63. The van der Waals surface area contributed by atoms with Crippen LogP contribution in [0.1, 0.15) is 12.8 Å². The Morgan fingerprint density at radius 3 is 2.56 bits per heavy atom. The maximum Gasteiger partial charge on any atom is 0.262 e. The van der Waals surface area contributed by atoms with Crippen molar-refractivity contribution in [2.45, 2.75) is 18.9 Å². The first-order chi connectivity index (χ1) is 12.1. The van der Waals surface area contributed by atoms with Gasteiger partial charge in [0.1, 0.15) is 11.6 Å². The van der Waals surface area contributed by atoms with E-state index < -0.39 is 0 Å². The quantitative estimate of drug-likeness (QED) is 0.876. The lowest BCUT2D eigenvalue weighted by Gasteiger charge is -2.32. The summed E-state index contributed by atoms with van der Waals surface area (Å²) in [4.78, 5) is 14.3. The lowest BCUT2D eigenvalue weighted by Crippen LogP contribution is -2.36. The predicted molar refractivity (Wildman–Crippen MR) is 94.4 cm³/mol. The van der Waals surface area contributed by atoms with Crippen molar-refractivity contribution in [1.82, 2.24) is 0 Å². The highest BCUT2D eigenvalue weighted by molar-refractivity contribution is 5.95. The Balaban J connectivity index is 1.60. The van der Waals surface area contributed by atoms with E-state index in [1.165, 1.54) is 24.3 Å². The Hall–Kier alpha value is -2.60. The van der Waals surface area contributed by atoms with Crippen LogP contribution in [0.3, 0.4) is 0 Å². The van der Waals surface area contributed by atoms with Gasteiger partial charge in [0.05, 0.1) is 17.5 Å². The van der Waals surface area contributed by atoms with Crippen molar-refractivity contribution in [1.29, 1.82) is 0 Å². The summed E-state index contributed by atoms with van der Waals surface area (Å²) in [5.41, 5.74) is 1.65. The van der Waals surface area contributed by atoms with Gasteiger partial charge >= 0.3 is 0 Å². The Labute approximate surface area is 146 Å². The summed E-state index contributed by atoms with van der Waals surface area (Å²) < 4.78 is 18.2. The molecule has 0 saturated carbocycles. The zero-order valence-electron chi connectivity index (χ0n) is 13.8. The fourth-order valence-electron chi connectivity index (χ4n) is 2.83. The van der Waals surface area contributed by atoms with E-state index in [2.05, 4.69) is 10.2 Å². The number of ether oxygens (including phenoxy) is 1. The highest BCUT2D eigenvalue weighted by Crippen LogP contribution is 2.28. The molecular formula is C19H21FN2O3. The van der Waals surface area contributed by atoms with Crippen LogP contribution in [-0.2, 0) is 4.79 Å². The number of carbonyl (C=O) groups is 1. The second-order valence-corrected chi connectivity index (χ2v) is 6.03. The van der Waals surface area contributed by atoms with Gasteiger partial charge in [-0.1, -0.05) is 12.1 Å². The zero-order chi connectivity index (χ0) is 17.6. The molecule has 1 heterocycles. The van der Waals surface area contributed by atoms with Gasteiger partial charge in [-0.15, -0.1) is 0 Å². The highest BCUT2D eigenvalue weighted by Gasteiger charge is 2.19. The number of benzene rings is 2. The molecule has 1 aliphatic rings. The summed E-state index contributed by atoms with van der Waals surface area (Å²) in [6.45, 7) is 1.35. The van der Waals surface area contributed by atoms with Gasteiger partial charge in [0, 0.05) is 13.1 Å². The molecule has 2 N–H and O–H groups in total. The molecule has 1 saturated heterocycles. The van der Waals surface area contributed by atoms with E-state index in [1.807, 2.05) is 24.3 Å². The van der Waals surface area contributed by atoms with Gasteiger partial charge in [0.2, 0.25) is 0 Å². The van der Waals surface area contributed by atoms with Crippen LogP contribution in [0.2, 0.25) is 0 Å². The first kappa shape index (κ1) is 17.2. The molecule has 0 unspecified atom stereocenters. The molecule has 3 rings (SSSR count). The third-order valence-corrected chi connectivity index (χ3v) is 4.17. The van der Waals surface area contributed by atoms with E-state index in [0.717, 1.165) is 31.6 Å². The summed E-state index contributed by atoms with van der Waals surface area (Å²) in [6, 6.07) is 13.1. The van der Waals surface area contributed by atoms with Crippen molar-refractivity contribution in [2.75, 3.05) is 29.9 Å². The monoisotopic (exact) mass is 344 g/mol. The van der Waals surface area contributed by atoms with Crippen LogP contribution in [0.5, 0.6) is 5.75 Å². The third-order valence-electron chi connectivity index (χ3n) is 4.17. The maximum atomic E-state index is 12.9. The number of aliphatic hydroxyl groups is 1. The van der Waals surface area contributed by atoms with Crippen molar-refractivity contribution in [3.05, 3.63) is 54.3 Å². The van der Waals surface area contributed by atoms with Crippen LogP contribution < -0.4 is 15.0 Å². The molecule has 0 spiro atoms. The van der Waals surface area contributed by atoms with Gasteiger partial charge in [-0.2, -0.15) is 0 Å². The second kappa shape index (κ2) is 7.98. The number of amides is 1. The van der Waals surface area contributed by atoms with Crippen LogP contribution >= 0.6 is 0 Å². The standard InChI is InChI=1S/C19H21FN2O3/c20-14-5-7-16(8-6-14)25-13-19(24)21-17-3-1-2-4-18(17)22-11-9-15(23)10-12-22/h1-8,15,23H,9-13H2,(H,21,24). The largest absolute Gasteiger partial charge is 0.484 e. The highest BCUT2D eigenvalue weighted by atomic mass is 19.1. The van der Waals surface area contributed by atoms with Crippen molar-refractivity contribution in [2.24, 2.45) is 0 Å². The summed E-state index contributed by atoms with van der Waals surface area (Å²) >= 11 is 0. The van der Waals surface area contributed by atoms with Gasteiger partial charge in [0.25, 0.3) is 5.91 Å². The van der Waals surface area contributed by atoms with E-state index in [1.54, 1.807) is 0 Å². The molecule has 25 heavy (non-hydrogen) atoms. The number of carbonyl (C=O) groups excluding carboxylic acids is 1. The minimum absolute atomic E-state index is 0.154. The fraction of sp³-hybridized carbons (Fsp3) is 0.316. The fourth-order valence-corrected chi connectivity index (χ4v) is 2.83. The summed E-state index contributed by atoms with van der Waals surface area (Å²) in [7, 11) is 0. The molecule has 132 valence electrons. The lowest BCUT2D eigenvalue weighted by atomic mass is 10.1. The minimum Gasteiger partial charge on any atom is -0.484 e. The number of piperidine rings is 1. The first-order valence-electron chi connectivity index (χ1n) is 8.32. The predicted octanol–water partition coefficient (Wildman–Crippen LogP) is 2.80. The van der Waals surface area contributed by atoms with Crippen LogP contribution in [0, 0.1) is 5.82 Å². The van der Waals surface area contributed by atoms with Gasteiger partial charge < -0.3 is 20.1 Å². The lowest BCUT2D eigenvalue weighted by molar-refractivity contribution is -0.118. The van der Waals surface area contributed by atoms with Crippen molar-refractivity contribution >= 4 is 17.3 Å². The van der Waals surface area contributed by atoms with Crippen LogP contribution in [0.25, 0.3) is 0 Å². The van der Waals surface area contributed by atoms with Crippen LogP contribution in [0.4, 0.5) is 15.8 Å². The van der Waals surface area contributed by atoms with Crippen molar-refractivity contribution in [3.8, 4) is 5.75 Å². The van der Waals surface area contributed by atoms with E-state index in [9.17, 15) is 14.3 Å².